The Balaban J connectivity index is 2.14. The summed E-state index contributed by atoms with van der Waals surface area (Å²) >= 11 is 0. The summed E-state index contributed by atoms with van der Waals surface area (Å²) in [6, 6.07) is 4.24. The van der Waals surface area contributed by atoms with Crippen molar-refractivity contribution in [1.29, 1.82) is 0 Å². The van der Waals surface area contributed by atoms with Gasteiger partial charge in [-0.25, -0.2) is 5.10 Å². The molecular weight excluding hydrogens is 210 g/mol. The highest BCUT2D eigenvalue weighted by Crippen LogP contribution is 2.02. The highest BCUT2D eigenvalue weighted by atomic mass is 16.2. The maximum atomic E-state index is 11.6. The van der Waals surface area contributed by atoms with Gasteiger partial charge in [-0.2, -0.15) is 10.2 Å². The number of aromatic nitrogens is 4. The molecule has 0 aliphatic heterocycles. The van der Waals surface area contributed by atoms with E-state index in [4.69, 9.17) is 0 Å². The molecule has 0 unspecified atom stereocenters. The van der Waals surface area contributed by atoms with E-state index in [1.165, 1.54) is 12.1 Å². The fourth-order valence-corrected chi connectivity index (χ4v) is 1.13. The highest BCUT2D eigenvalue weighted by Gasteiger charge is 2.08. The molecule has 2 aromatic rings. The second-order valence-electron chi connectivity index (χ2n) is 3.14. The van der Waals surface area contributed by atoms with Gasteiger partial charge < -0.3 is 5.32 Å². The summed E-state index contributed by atoms with van der Waals surface area (Å²) in [7, 11) is 1.74. The molecule has 0 radical (unpaired) electrons. The third-order valence-corrected chi connectivity index (χ3v) is 1.87. The Labute approximate surface area is 90.1 Å². The van der Waals surface area contributed by atoms with Crippen LogP contribution in [0.2, 0.25) is 0 Å². The average Bonchev–Trinajstić information content (AvgIpc) is 2.65. The van der Waals surface area contributed by atoms with Crippen LogP contribution >= 0.6 is 0 Å². The quantitative estimate of drug-likeness (QED) is 0.728. The van der Waals surface area contributed by atoms with Crippen molar-refractivity contribution in [1.82, 2.24) is 20.0 Å². The smallest absolute Gasteiger partial charge is 0.277 e. The lowest BCUT2D eigenvalue weighted by atomic mass is 10.3. The Morgan fingerprint density at radius 3 is 2.81 bits per heavy atom. The lowest BCUT2D eigenvalue weighted by Crippen LogP contribution is -2.17. The van der Waals surface area contributed by atoms with Crippen molar-refractivity contribution in [3.63, 3.8) is 0 Å². The molecule has 2 N–H and O–H groups in total. The number of nitrogens with zero attached hydrogens (tertiary/aromatic N) is 3. The Bertz CT molecular complexity index is 551. The van der Waals surface area contributed by atoms with E-state index in [0.29, 0.717) is 5.82 Å². The SMILES string of the molecule is Cn1ccc(NC(=O)c2ccc(=O)[nH]n2)n1. The van der Waals surface area contributed by atoms with E-state index in [-0.39, 0.29) is 11.3 Å². The van der Waals surface area contributed by atoms with Gasteiger partial charge in [-0.15, -0.1) is 0 Å². The standard InChI is InChI=1S/C9H9N5O2/c1-14-5-4-7(13-14)10-9(16)6-2-3-8(15)12-11-6/h2-5H,1H3,(H,12,15)(H,10,13,16). The number of carbonyl (C=O) groups excluding carboxylic acids is 1. The zero-order valence-electron chi connectivity index (χ0n) is 8.47. The minimum atomic E-state index is -0.421. The number of aromatic amines is 1. The number of amides is 1. The molecule has 0 bridgehead atoms. The van der Waals surface area contributed by atoms with Crippen molar-refractivity contribution in [3.05, 3.63) is 40.4 Å². The molecule has 7 nitrogen and oxygen atoms in total. The van der Waals surface area contributed by atoms with Crippen LogP contribution in [0.25, 0.3) is 0 Å². The molecule has 2 rings (SSSR count). The predicted octanol–water partition coefficient (Wildman–Crippen LogP) is -0.244. The molecule has 2 heterocycles. The van der Waals surface area contributed by atoms with Crippen LogP contribution in [0, 0.1) is 0 Å². The van der Waals surface area contributed by atoms with Gasteiger partial charge in [0.25, 0.3) is 11.5 Å². The summed E-state index contributed by atoms with van der Waals surface area (Å²) in [6.07, 6.45) is 1.70. The van der Waals surface area contributed by atoms with E-state index in [1.54, 1.807) is 24.0 Å². The second-order valence-corrected chi connectivity index (χ2v) is 3.14. The number of aryl methyl sites for hydroxylation is 1. The maximum absolute atomic E-state index is 11.6. The van der Waals surface area contributed by atoms with E-state index >= 15 is 0 Å². The van der Waals surface area contributed by atoms with Crippen LogP contribution in [-0.4, -0.2) is 25.9 Å². The van der Waals surface area contributed by atoms with E-state index in [1.807, 2.05) is 0 Å². The normalized spacial score (nSPS) is 10.1. The zero-order valence-corrected chi connectivity index (χ0v) is 8.47. The fraction of sp³-hybridized carbons (Fsp3) is 0.111. The van der Waals surface area contributed by atoms with Gasteiger partial charge in [-0.05, 0) is 6.07 Å². The molecule has 0 atom stereocenters. The molecule has 0 fully saturated rings. The summed E-state index contributed by atoms with van der Waals surface area (Å²) in [5, 5.41) is 12.3. The first-order chi connectivity index (χ1) is 7.65. The first-order valence-electron chi connectivity index (χ1n) is 4.52. The monoisotopic (exact) mass is 219 g/mol. The average molecular weight is 219 g/mol. The van der Waals surface area contributed by atoms with Gasteiger partial charge in [-0.3, -0.25) is 14.3 Å². The number of hydrogen-bond acceptors (Lipinski definition) is 4. The maximum Gasteiger partial charge on any atom is 0.277 e. The first-order valence-corrected chi connectivity index (χ1v) is 4.52. The Kier molecular flexibility index (Phi) is 2.50. The number of rotatable bonds is 2. The molecule has 1 amide bonds. The minimum absolute atomic E-state index is 0.130. The van der Waals surface area contributed by atoms with Gasteiger partial charge in [-0.1, -0.05) is 0 Å². The molecule has 0 spiro atoms. The summed E-state index contributed by atoms with van der Waals surface area (Å²) in [4.78, 5) is 22.3. The van der Waals surface area contributed by atoms with Crippen LogP contribution in [-0.2, 0) is 7.05 Å². The molecule has 2 aromatic heterocycles. The Morgan fingerprint density at radius 1 is 1.44 bits per heavy atom. The molecule has 0 aliphatic rings. The zero-order chi connectivity index (χ0) is 11.5. The fourth-order valence-electron chi connectivity index (χ4n) is 1.13. The van der Waals surface area contributed by atoms with Crippen molar-refractivity contribution in [2.75, 3.05) is 5.32 Å². The van der Waals surface area contributed by atoms with Crippen LogP contribution in [0.4, 0.5) is 5.82 Å². The van der Waals surface area contributed by atoms with E-state index < -0.39 is 5.91 Å². The number of nitrogens with one attached hydrogen (secondary N) is 2. The van der Waals surface area contributed by atoms with Gasteiger partial charge in [0.1, 0.15) is 5.69 Å². The number of anilines is 1. The van der Waals surface area contributed by atoms with Gasteiger partial charge in [0.2, 0.25) is 0 Å². The largest absolute Gasteiger partial charge is 0.304 e. The van der Waals surface area contributed by atoms with Crippen LogP contribution < -0.4 is 10.9 Å². The van der Waals surface area contributed by atoms with Crippen molar-refractivity contribution in [2.24, 2.45) is 7.05 Å². The van der Waals surface area contributed by atoms with Gasteiger partial charge in [0.15, 0.2) is 5.82 Å². The van der Waals surface area contributed by atoms with Crippen molar-refractivity contribution in [3.8, 4) is 0 Å². The van der Waals surface area contributed by atoms with Crippen molar-refractivity contribution >= 4 is 11.7 Å². The third-order valence-electron chi connectivity index (χ3n) is 1.87. The number of H-pyrrole nitrogens is 1. The van der Waals surface area contributed by atoms with Crippen LogP contribution in [0.5, 0.6) is 0 Å². The Hall–Kier alpha value is -2.44. The van der Waals surface area contributed by atoms with E-state index in [2.05, 4.69) is 20.6 Å². The second kappa shape index (κ2) is 3.97. The molecule has 7 heteroatoms. The molecule has 0 aromatic carbocycles. The Morgan fingerprint density at radius 2 is 2.25 bits per heavy atom. The molecule has 0 aliphatic carbocycles. The van der Waals surface area contributed by atoms with Crippen LogP contribution in [0.15, 0.2) is 29.2 Å². The van der Waals surface area contributed by atoms with Crippen LogP contribution in [0.3, 0.4) is 0 Å². The van der Waals surface area contributed by atoms with E-state index in [0.717, 1.165) is 0 Å². The topological polar surface area (TPSA) is 92.7 Å². The van der Waals surface area contributed by atoms with E-state index in [9.17, 15) is 9.59 Å². The number of hydrogen-bond donors (Lipinski definition) is 2. The lowest BCUT2D eigenvalue weighted by molar-refractivity contribution is 0.102. The molecular formula is C9H9N5O2. The minimum Gasteiger partial charge on any atom is -0.304 e. The lowest BCUT2D eigenvalue weighted by Gasteiger charge is -1.99. The van der Waals surface area contributed by atoms with Gasteiger partial charge in [0.05, 0.1) is 0 Å². The molecule has 16 heavy (non-hydrogen) atoms. The first kappa shape index (κ1) is 10.1. The summed E-state index contributed by atoms with van der Waals surface area (Å²) in [6.45, 7) is 0. The summed E-state index contributed by atoms with van der Waals surface area (Å²) in [5.74, 6) is 0.00968. The predicted molar refractivity (Wildman–Crippen MR) is 56.0 cm³/mol. The summed E-state index contributed by atoms with van der Waals surface area (Å²) in [5.41, 5.74) is -0.223. The third kappa shape index (κ3) is 2.14. The molecule has 0 saturated carbocycles. The van der Waals surface area contributed by atoms with Gasteiger partial charge in [0, 0.05) is 25.4 Å². The molecule has 0 saturated heterocycles. The van der Waals surface area contributed by atoms with Crippen LogP contribution in [0.1, 0.15) is 10.5 Å². The summed E-state index contributed by atoms with van der Waals surface area (Å²) < 4.78 is 1.57. The van der Waals surface area contributed by atoms with Gasteiger partial charge >= 0.3 is 0 Å². The van der Waals surface area contributed by atoms with Crippen molar-refractivity contribution in [2.45, 2.75) is 0 Å². The van der Waals surface area contributed by atoms with Crippen molar-refractivity contribution < 1.29 is 4.79 Å². The highest BCUT2D eigenvalue weighted by molar-refractivity contribution is 6.02. The molecule has 82 valence electrons. The number of carbonyl (C=O) groups is 1.